The number of sulfone groups is 1. The van der Waals surface area contributed by atoms with Gasteiger partial charge in [0, 0.05) is 11.3 Å². The van der Waals surface area contributed by atoms with Gasteiger partial charge in [-0.25, -0.2) is 8.42 Å². The molecule has 2 saturated heterocycles. The Morgan fingerprint density at radius 1 is 1.00 bits per heavy atom. The maximum absolute atomic E-state index is 13.0. The molecule has 2 aromatic rings. The van der Waals surface area contributed by atoms with E-state index in [0.717, 1.165) is 0 Å². The van der Waals surface area contributed by atoms with Crippen LogP contribution >= 0.6 is 23.4 Å². The zero-order valence-electron chi connectivity index (χ0n) is 19.6. The fraction of sp³-hybridized carbons (Fsp3) is 0.391. The number of nitrogens with zero attached hydrogens (tertiary/aromatic N) is 2. The average molecular weight is 541 g/mol. The smallest absolute Gasteiger partial charge is 0.252 e. The van der Waals surface area contributed by atoms with Crippen LogP contribution in [0.1, 0.15) is 5.56 Å². The van der Waals surface area contributed by atoms with Crippen LogP contribution in [0.2, 0.25) is 5.02 Å². The average Bonchev–Trinajstić information content (AvgIpc) is 3.28. The number of fused-ring (bicyclic) bond motifs is 1. The molecule has 2 aromatic carbocycles. The Balaban J connectivity index is 1.70. The molecule has 2 aliphatic rings. The number of amides is 1. The molecule has 2 atom stereocenters. The molecule has 2 fully saturated rings. The van der Waals surface area contributed by atoms with E-state index in [4.69, 9.17) is 30.5 Å². The van der Waals surface area contributed by atoms with Gasteiger partial charge >= 0.3 is 0 Å². The highest BCUT2D eigenvalue weighted by Crippen LogP contribution is 2.46. The molecule has 0 saturated carbocycles. The molecule has 0 aromatic heterocycles. The van der Waals surface area contributed by atoms with E-state index in [2.05, 4.69) is 4.99 Å². The van der Waals surface area contributed by atoms with E-state index in [9.17, 15) is 13.2 Å². The summed E-state index contributed by atoms with van der Waals surface area (Å²) >= 11 is 7.66. The summed E-state index contributed by atoms with van der Waals surface area (Å²) in [4.78, 5) is 19.1. The normalized spacial score (nSPS) is 21.6. The second-order valence-corrected chi connectivity index (χ2v) is 11.8. The first-order valence-corrected chi connectivity index (χ1v) is 13.7. The van der Waals surface area contributed by atoms with Crippen molar-refractivity contribution in [3.8, 4) is 23.0 Å². The van der Waals surface area contributed by atoms with Crippen LogP contribution in [0.25, 0.3) is 0 Å². The molecular formula is C23H25ClN2O7S2. The fourth-order valence-electron chi connectivity index (χ4n) is 4.19. The van der Waals surface area contributed by atoms with Crippen molar-refractivity contribution in [2.45, 2.75) is 17.7 Å². The minimum atomic E-state index is -3.23. The minimum absolute atomic E-state index is 0.00786. The summed E-state index contributed by atoms with van der Waals surface area (Å²) in [6.45, 7) is 0. The number of carbonyl (C=O) groups is 1. The van der Waals surface area contributed by atoms with Gasteiger partial charge in [0.15, 0.2) is 26.5 Å². The lowest BCUT2D eigenvalue weighted by Gasteiger charge is -2.27. The Hall–Kier alpha value is -2.63. The van der Waals surface area contributed by atoms with Crippen LogP contribution in [0.5, 0.6) is 23.0 Å². The lowest BCUT2D eigenvalue weighted by Crippen LogP contribution is -2.38. The summed E-state index contributed by atoms with van der Waals surface area (Å²) in [5.41, 5.74) is 1.23. The number of ether oxygens (including phenoxy) is 4. The molecule has 4 rings (SSSR count). The van der Waals surface area contributed by atoms with Gasteiger partial charge in [-0.05, 0) is 23.8 Å². The summed E-state index contributed by atoms with van der Waals surface area (Å²) in [5, 5.41) is 0.465. The Morgan fingerprint density at radius 2 is 1.69 bits per heavy atom. The van der Waals surface area contributed by atoms with Crippen molar-refractivity contribution >= 4 is 50.0 Å². The Morgan fingerprint density at radius 3 is 2.34 bits per heavy atom. The van der Waals surface area contributed by atoms with E-state index < -0.39 is 15.9 Å². The van der Waals surface area contributed by atoms with E-state index in [0.29, 0.717) is 44.4 Å². The molecule has 0 N–H and O–H groups in total. The number of anilines is 1. The predicted molar refractivity (Wildman–Crippen MR) is 137 cm³/mol. The van der Waals surface area contributed by atoms with Crippen LogP contribution in [0.15, 0.2) is 35.3 Å². The van der Waals surface area contributed by atoms with Crippen molar-refractivity contribution in [2.24, 2.45) is 4.99 Å². The van der Waals surface area contributed by atoms with Gasteiger partial charge in [-0.3, -0.25) is 4.79 Å². The number of aliphatic imine (C=N–C) groups is 1. The molecule has 1 amide bonds. The maximum atomic E-state index is 13.0. The zero-order valence-corrected chi connectivity index (χ0v) is 22.0. The molecule has 188 valence electrons. The molecule has 0 aliphatic carbocycles. The molecule has 9 nitrogen and oxygen atoms in total. The van der Waals surface area contributed by atoms with Gasteiger partial charge < -0.3 is 23.8 Å². The van der Waals surface area contributed by atoms with E-state index in [1.807, 2.05) is 0 Å². The Kier molecular flexibility index (Phi) is 7.39. The number of methoxy groups -OCH3 is 4. The van der Waals surface area contributed by atoms with Gasteiger partial charge in [0.25, 0.3) is 5.91 Å². The number of amidine groups is 1. The first-order valence-electron chi connectivity index (χ1n) is 10.6. The molecular weight excluding hydrogens is 516 g/mol. The van der Waals surface area contributed by atoms with Crippen LogP contribution in [-0.2, 0) is 21.1 Å². The number of thioether (sulfide) groups is 1. The van der Waals surface area contributed by atoms with E-state index in [-0.39, 0.29) is 29.1 Å². The number of hydrogen-bond donors (Lipinski definition) is 0. The molecule has 0 radical (unpaired) electrons. The number of carbonyl (C=O) groups excluding carboxylic acids is 1. The van der Waals surface area contributed by atoms with Gasteiger partial charge in [-0.15, -0.1) is 0 Å². The maximum Gasteiger partial charge on any atom is 0.252 e. The third-order valence-electron chi connectivity index (χ3n) is 5.80. The largest absolute Gasteiger partial charge is 0.495 e. The zero-order chi connectivity index (χ0) is 25.3. The van der Waals surface area contributed by atoms with Crippen LogP contribution in [0.3, 0.4) is 0 Å². The van der Waals surface area contributed by atoms with E-state index >= 15 is 0 Å². The van der Waals surface area contributed by atoms with Crippen molar-refractivity contribution in [2.75, 3.05) is 44.8 Å². The summed E-state index contributed by atoms with van der Waals surface area (Å²) in [6, 6.07) is 8.08. The standard InChI is InChI=1S/C23H25ClN2O7S2/c1-30-17-6-5-13(7-20(17)33-4)8-22(27)25-23-26(16-11-35(28,29)12-21(16)34-23)15-9-14(24)18(31-2)10-19(15)32-3/h5-7,9-10,16,21H,8,11-12H2,1-4H3/t16-,21+/m1/s1. The number of benzene rings is 2. The molecule has 0 unspecified atom stereocenters. The summed E-state index contributed by atoms with van der Waals surface area (Å²) in [5.74, 6) is 1.49. The number of halogens is 1. The lowest BCUT2D eigenvalue weighted by atomic mass is 10.1. The highest BCUT2D eigenvalue weighted by Gasteiger charge is 2.50. The predicted octanol–water partition coefficient (Wildman–Crippen LogP) is 3.22. The first kappa shape index (κ1) is 25.5. The topological polar surface area (TPSA) is 104 Å². The molecule has 12 heteroatoms. The Bertz CT molecular complexity index is 1280. The van der Waals surface area contributed by atoms with Crippen LogP contribution in [-0.4, -0.2) is 70.7 Å². The second kappa shape index (κ2) is 10.2. The number of hydrogen-bond acceptors (Lipinski definition) is 8. The monoisotopic (exact) mass is 540 g/mol. The van der Waals surface area contributed by atoms with Crippen LogP contribution in [0.4, 0.5) is 5.69 Å². The van der Waals surface area contributed by atoms with Crippen molar-refractivity contribution < 1.29 is 32.2 Å². The molecule has 2 heterocycles. The third kappa shape index (κ3) is 5.17. The van der Waals surface area contributed by atoms with Crippen molar-refractivity contribution in [3.63, 3.8) is 0 Å². The second-order valence-electron chi connectivity index (χ2n) is 7.98. The van der Waals surface area contributed by atoms with E-state index in [1.54, 1.807) is 35.2 Å². The summed E-state index contributed by atoms with van der Waals surface area (Å²) in [6.07, 6.45) is 0.0341. The highest BCUT2D eigenvalue weighted by atomic mass is 35.5. The fourth-order valence-corrected chi connectivity index (χ4v) is 8.35. The first-order chi connectivity index (χ1) is 16.7. The van der Waals surface area contributed by atoms with Gasteiger partial charge in [-0.2, -0.15) is 4.99 Å². The van der Waals surface area contributed by atoms with Crippen molar-refractivity contribution in [1.29, 1.82) is 0 Å². The van der Waals surface area contributed by atoms with Gasteiger partial charge in [0.2, 0.25) is 0 Å². The molecule has 0 bridgehead atoms. The highest BCUT2D eigenvalue weighted by molar-refractivity contribution is 8.16. The summed E-state index contributed by atoms with van der Waals surface area (Å²) < 4.78 is 46.1. The molecule has 35 heavy (non-hydrogen) atoms. The van der Waals surface area contributed by atoms with Crippen LogP contribution < -0.4 is 23.8 Å². The van der Waals surface area contributed by atoms with Gasteiger partial charge in [0.05, 0.1) is 63.1 Å². The number of rotatable bonds is 7. The lowest BCUT2D eigenvalue weighted by molar-refractivity contribution is -0.117. The van der Waals surface area contributed by atoms with Gasteiger partial charge in [0.1, 0.15) is 11.5 Å². The van der Waals surface area contributed by atoms with E-state index in [1.165, 1.54) is 40.2 Å². The minimum Gasteiger partial charge on any atom is -0.495 e. The van der Waals surface area contributed by atoms with Gasteiger partial charge in [-0.1, -0.05) is 29.4 Å². The SMILES string of the molecule is COc1cc(OC)c(N2C(=NC(=O)Cc3ccc(OC)c(OC)c3)S[C@H]3CS(=O)(=O)C[C@H]32)cc1Cl. The van der Waals surface area contributed by atoms with Crippen molar-refractivity contribution in [1.82, 2.24) is 0 Å². The molecule has 2 aliphatic heterocycles. The molecule has 0 spiro atoms. The van der Waals surface area contributed by atoms with Crippen LogP contribution in [0, 0.1) is 0 Å². The quantitative estimate of drug-likeness (QED) is 0.523. The van der Waals surface area contributed by atoms with Crippen molar-refractivity contribution in [3.05, 3.63) is 40.9 Å². The Labute approximate surface area is 213 Å². The third-order valence-corrected chi connectivity index (χ3v) is 9.31. The summed E-state index contributed by atoms with van der Waals surface area (Å²) in [7, 11) is 2.82.